The lowest BCUT2D eigenvalue weighted by Gasteiger charge is -2.43. The molecule has 2 unspecified atom stereocenters. The van der Waals surface area contributed by atoms with Gasteiger partial charge in [-0.2, -0.15) is 0 Å². The first-order valence-electron chi connectivity index (χ1n) is 19.2. The van der Waals surface area contributed by atoms with E-state index in [1.807, 2.05) is 0 Å². The molecule has 0 bridgehead atoms. The topological polar surface area (TPSA) is 20.2 Å². The molecule has 2 heterocycles. The number of allylic oxidation sites excluding steroid dienone is 9. The summed E-state index contributed by atoms with van der Waals surface area (Å²) >= 11 is 0. The fraction of sp³-hybridized carbons (Fsp3) is 0.200. The summed E-state index contributed by atoms with van der Waals surface area (Å²) in [5.41, 5.74) is 16.3. The van der Waals surface area contributed by atoms with Gasteiger partial charge in [-0.25, -0.2) is 0 Å². The third-order valence-corrected chi connectivity index (χ3v) is 11.1. The monoisotopic (exact) mass is 691 g/mol. The van der Waals surface area contributed by atoms with Crippen LogP contribution in [-0.2, 0) is 6.42 Å². The minimum atomic E-state index is 0.0939. The second kappa shape index (κ2) is 15.1. The van der Waals surface area contributed by atoms with Gasteiger partial charge in [-0.1, -0.05) is 135 Å². The maximum absolute atomic E-state index is 4.46. The molecule has 1 aliphatic heterocycles. The van der Waals surface area contributed by atoms with Crippen molar-refractivity contribution in [1.29, 1.82) is 0 Å². The molecule has 53 heavy (non-hydrogen) atoms. The summed E-state index contributed by atoms with van der Waals surface area (Å²) in [5.74, 6) is 0. The molecule has 0 saturated heterocycles. The number of para-hydroxylation sites is 1. The van der Waals surface area contributed by atoms with Crippen molar-refractivity contribution in [2.24, 2.45) is 0 Å². The molecular weight excluding hydrogens is 643 g/mol. The third kappa shape index (κ3) is 6.86. The zero-order valence-corrected chi connectivity index (χ0v) is 31.2. The molecule has 264 valence electrons. The fourth-order valence-corrected chi connectivity index (χ4v) is 8.48. The highest BCUT2D eigenvalue weighted by atomic mass is 15.3. The van der Waals surface area contributed by atoms with Crippen LogP contribution < -0.4 is 5.32 Å². The van der Waals surface area contributed by atoms with E-state index in [1.54, 1.807) is 0 Å². The number of hydrogen-bond donors (Lipinski definition) is 1. The van der Waals surface area contributed by atoms with Gasteiger partial charge >= 0.3 is 0 Å². The van der Waals surface area contributed by atoms with E-state index in [9.17, 15) is 0 Å². The Morgan fingerprint density at radius 2 is 1.57 bits per heavy atom. The first-order chi connectivity index (χ1) is 26.0. The fourth-order valence-electron chi connectivity index (χ4n) is 8.48. The highest BCUT2D eigenvalue weighted by Crippen LogP contribution is 2.39. The summed E-state index contributed by atoms with van der Waals surface area (Å²) < 4.78 is 2.47. The Bertz CT molecular complexity index is 2330. The van der Waals surface area contributed by atoms with Gasteiger partial charge in [0.25, 0.3) is 0 Å². The minimum absolute atomic E-state index is 0.0939. The van der Waals surface area contributed by atoms with Crippen molar-refractivity contribution in [2.45, 2.75) is 58.2 Å². The first-order valence-corrected chi connectivity index (χ1v) is 19.2. The number of aromatic nitrogens is 1. The van der Waals surface area contributed by atoms with Crippen molar-refractivity contribution in [3.8, 4) is 5.69 Å². The lowest BCUT2D eigenvalue weighted by atomic mass is 9.88. The zero-order chi connectivity index (χ0) is 36.3. The van der Waals surface area contributed by atoms with E-state index in [2.05, 4.69) is 194 Å². The Balaban J connectivity index is 1.20. The lowest BCUT2D eigenvalue weighted by molar-refractivity contribution is 0.215. The van der Waals surface area contributed by atoms with Gasteiger partial charge in [0.15, 0.2) is 0 Å². The van der Waals surface area contributed by atoms with Crippen LogP contribution in [0.3, 0.4) is 0 Å². The van der Waals surface area contributed by atoms with E-state index in [0.29, 0.717) is 0 Å². The van der Waals surface area contributed by atoms with Gasteiger partial charge in [0, 0.05) is 16.8 Å². The number of nitrogens with one attached hydrogen (secondary N) is 1. The minimum Gasteiger partial charge on any atom is -0.366 e. The van der Waals surface area contributed by atoms with E-state index in [1.165, 1.54) is 67.0 Å². The summed E-state index contributed by atoms with van der Waals surface area (Å²) in [6.45, 7) is 8.98. The zero-order valence-electron chi connectivity index (χ0n) is 31.2. The average Bonchev–Trinajstić information content (AvgIpc) is 3.56. The lowest BCUT2D eigenvalue weighted by Crippen LogP contribution is -2.52. The molecule has 5 aromatic rings. The van der Waals surface area contributed by atoms with Gasteiger partial charge in [0.1, 0.15) is 6.17 Å². The molecule has 0 spiro atoms. The number of likely N-dealkylation sites (N-methyl/N-ethyl adjacent to an activating group) is 1. The van der Waals surface area contributed by atoms with E-state index in [4.69, 9.17) is 0 Å². The van der Waals surface area contributed by atoms with Crippen LogP contribution >= 0.6 is 0 Å². The highest BCUT2D eigenvalue weighted by Gasteiger charge is 2.33. The van der Waals surface area contributed by atoms with Crippen molar-refractivity contribution in [1.82, 2.24) is 14.8 Å². The quantitative estimate of drug-likeness (QED) is 0.155. The molecule has 3 aliphatic rings. The van der Waals surface area contributed by atoms with Gasteiger partial charge in [0.05, 0.1) is 17.3 Å². The molecule has 0 saturated carbocycles. The predicted molar refractivity (Wildman–Crippen MR) is 226 cm³/mol. The van der Waals surface area contributed by atoms with E-state index < -0.39 is 0 Å². The average molecular weight is 692 g/mol. The van der Waals surface area contributed by atoms with Gasteiger partial charge in [-0.15, -0.1) is 0 Å². The number of rotatable bonds is 9. The second-order valence-corrected chi connectivity index (χ2v) is 14.5. The Hall–Kier alpha value is -5.64. The predicted octanol–water partition coefficient (Wildman–Crippen LogP) is 12.0. The molecule has 2 aliphatic carbocycles. The van der Waals surface area contributed by atoms with E-state index in [0.717, 1.165) is 43.2 Å². The van der Waals surface area contributed by atoms with Gasteiger partial charge in [-0.3, -0.25) is 4.90 Å². The summed E-state index contributed by atoms with van der Waals surface area (Å²) in [4.78, 5) is 2.54. The smallest absolute Gasteiger partial charge is 0.102 e. The van der Waals surface area contributed by atoms with Crippen LogP contribution in [0.2, 0.25) is 0 Å². The number of aryl methyl sites for hydroxylation is 1. The number of nitrogens with zero attached hydrogens (tertiary/aromatic N) is 2. The van der Waals surface area contributed by atoms with Crippen LogP contribution in [0.4, 0.5) is 0 Å². The molecule has 0 fully saturated rings. The van der Waals surface area contributed by atoms with Crippen molar-refractivity contribution in [2.75, 3.05) is 7.05 Å². The van der Waals surface area contributed by atoms with Crippen LogP contribution in [0.15, 0.2) is 169 Å². The Morgan fingerprint density at radius 3 is 2.28 bits per heavy atom. The second-order valence-electron chi connectivity index (χ2n) is 14.5. The highest BCUT2D eigenvalue weighted by molar-refractivity contribution is 5.96. The number of hydrogen-bond acceptors (Lipinski definition) is 2. The molecule has 3 nitrogen and oxygen atoms in total. The maximum atomic E-state index is 4.46. The number of benzene rings is 4. The van der Waals surface area contributed by atoms with Crippen molar-refractivity contribution >= 4 is 33.3 Å². The Morgan fingerprint density at radius 1 is 0.849 bits per heavy atom. The molecule has 8 rings (SSSR count). The summed E-state index contributed by atoms with van der Waals surface area (Å²) in [5, 5.41) is 5.28. The molecule has 1 aromatic heterocycles. The molecule has 3 heteroatoms. The third-order valence-electron chi connectivity index (χ3n) is 11.1. The molecule has 0 amide bonds. The van der Waals surface area contributed by atoms with Crippen molar-refractivity contribution in [3.63, 3.8) is 0 Å². The Kier molecular flexibility index (Phi) is 9.84. The molecule has 0 radical (unpaired) electrons. The molecular formula is C50H49N3. The first kappa shape index (κ1) is 34.4. The van der Waals surface area contributed by atoms with E-state index >= 15 is 0 Å². The Labute approximate surface area is 315 Å². The van der Waals surface area contributed by atoms with Crippen LogP contribution in [0.5, 0.6) is 0 Å². The SMILES string of the molecule is C=C(/C=C(/C)c1c(CC)c2ccc(C3=CCCC(C4NC(c5ccccc5)=CC(C5=CC=CCC5)N4C)=C3)cc2n1-c1ccccc1)c1ccccc1. The van der Waals surface area contributed by atoms with Crippen LogP contribution in [0.25, 0.3) is 39.0 Å². The summed E-state index contributed by atoms with van der Waals surface area (Å²) in [7, 11) is 2.29. The van der Waals surface area contributed by atoms with Crippen LogP contribution in [0.1, 0.15) is 67.5 Å². The van der Waals surface area contributed by atoms with Gasteiger partial charge in [0.2, 0.25) is 0 Å². The number of fused-ring (bicyclic) bond motifs is 1. The maximum Gasteiger partial charge on any atom is 0.102 e. The molecule has 4 aromatic carbocycles. The standard InChI is InChI=1S/C50H49N3/c1-5-44-45-30-29-41(33-48(45)53(43-27-16-9-17-28-43)49(44)36(3)31-35(2)37-19-10-6-11-20-37)40-25-18-26-42(32-40)50-51-46(38-21-12-7-13-22-38)34-47(52(50)4)39-23-14-8-15-24-39/h6-14,16-17,19-23,25,27-34,47,50-51H,2,5,15,18,24,26H2,1,3-4H3/b36-31-. The molecule has 2 atom stereocenters. The largest absolute Gasteiger partial charge is 0.366 e. The summed E-state index contributed by atoms with van der Waals surface area (Å²) in [6.07, 6.45) is 21.7. The van der Waals surface area contributed by atoms with Crippen molar-refractivity contribution < 1.29 is 0 Å². The molecule has 1 N–H and O–H groups in total. The van der Waals surface area contributed by atoms with Crippen LogP contribution in [0, 0.1) is 0 Å². The van der Waals surface area contributed by atoms with Gasteiger partial charge in [-0.05, 0) is 127 Å². The summed E-state index contributed by atoms with van der Waals surface area (Å²) in [6, 6.07) is 39.5. The van der Waals surface area contributed by atoms with Crippen LogP contribution in [-0.4, -0.2) is 28.7 Å². The van der Waals surface area contributed by atoms with Crippen molar-refractivity contribution in [3.05, 3.63) is 197 Å². The van der Waals surface area contributed by atoms with E-state index in [-0.39, 0.29) is 12.2 Å². The van der Waals surface area contributed by atoms with Gasteiger partial charge < -0.3 is 9.88 Å². The normalized spacial score (nSPS) is 19.3.